The molecule has 1 atom stereocenters. The van der Waals surface area contributed by atoms with Gasteiger partial charge in [-0.3, -0.25) is 4.79 Å². The van der Waals surface area contributed by atoms with Crippen molar-refractivity contribution in [3.63, 3.8) is 0 Å². The molecule has 0 aliphatic rings. The van der Waals surface area contributed by atoms with Crippen LogP contribution in [0.5, 0.6) is 0 Å². The van der Waals surface area contributed by atoms with E-state index in [0.717, 1.165) is 15.8 Å². The highest BCUT2D eigenvalue weighted by atomic mass is 79.9. The van der Waals surface area contributed by atoms with Gasteiger partial charge in [0.05, 0.1) is 9.83 Å². The molecule has 2 rings (SSSR count). The Balaban J connectivity index is 1.83. The van der Waals surface area contributed by atoms with Gasteiger partial charge in [-0.25, -0.2) is 0 Å². The fourth-order valence-electron chi connectivity index (χ4n) is 2.15. The van der Waals surface area contributed by atoms with Gasteiger partial charge >= 0.3 is 0 Å². The number of nitrogens with zero attached hydrogens (tertiary/aromatic N) is 1. The molecule has 0 radical (unpaired) electrons. The molecule has 1 aromatic heterocycles. The van der Waals surface area contributed by atoms with E-state index < -0.39 is 6.04 Å². The van der Waals surface area contributed by atoms with E-state index in [-0.39, 0.29) is 5.91 Å². The average Bonchev–Trinajstić information content (AvgIpc) is 2.90. The highest BCUT2D eigenvalue weighted by molar-refractivity contribution is 9.11. The zero-order chi connectivity index (χ0) is 15.2. The highest BCUT2D eigenvalue weighted by Gasteiger charge is 2.18. The van der Waals surface area contributed by atoms with Crippen molar-refractivity contribution < 1.29 is 4.79 Å². The van der Waals surface area contributed by atoms with Crippen LogP contribution in [0.25, 0.3) is 0 Å². The summed E-state index contributed by atoms with van der Waals surface area (Å²) >= 11 is 5.05. The molecule has 0 aliphatic carbocycles. The number of thiophene rings is 1. The number of halogens is 1. The number of likely N-dealkylation sites (N-methyl/N-ethyl adjacent to an activating group) is 1. The van der Waals surface area contributed by atoms with Crippen LogP contribution in [-0.4, -0.2) is 23.9 Å². The third kappa shape index (κ3) is 4.95. The van der Waals surface area contributed by atoms with Gasteiger partial charge in [0, 0.05) is 13.6 Å². The normalized spacial score (nSPS) is 12.1. The maximum absolute atomic E-state index is 12.3. The summed E-state index contributed by atoms with van der Waals surface area (Å²) in [7, 11) is 1.80. The van der Waals surface area contributed by atoms with Crippen LogP contribution in [-0.2, 0) is 17.8 Å². The summed E-state index contributed by atoms with van der Waals surface area (Å²) in [5.41, 5.74) is 8.36. The standard InChI is InChI=1S/C16H19BrN2OS/c1-19(10-13-9-15(17)21-11-13)16(20)14(18)8-7-12-5-3-2-4-6-12/h2-6,9,11,14H,7-8,10,18H2,1H3/t14-/m0/s1. The molecule has 1 aromatic carbocycles. The Bertz CT molecular complexity index is 585. The Labute approximate surface area is 137 Å². The van der Waals surface area contributed by atoms with E-state index in [1.165, 1.54) is 5.56 Å². The monoisotopic (exact) mass is 366 g/mol. The number of hydrogen-bond acceptors (Lipinski definition) is 3. The number of carbonyl (C=O) groups excluding carboxylic acids is 1. The van der Waals surface area contributed by atoms with Gasteiger partial charge in [-0.1, -0.05) is 30.3 Å². The zero-order valence-corrected chi connectivity index (χ0v) is 14.4. The van der Waals surface area contributed by atoms with Crippen molar-refractivity contribution in [1.82, 2.24) is 4.90 Å². The van der Waals surface area contributed by atoms with Gasteiger partial charge in [-0.2, -0.15) is 0 Å². The predicted molar refractivity (Wildman–Crippen MR) is 91.2 cm³/mol. The number of rotatable bonds is 6. The summed E-state index contributed by atoms with van der Waals surface area (Å²) in [6, 6.07) is 11.7. The van der Waals surface area contributed by atoms with Crippen molar-refractivity contribution in [3.8, 4) is 0 Å². The SMILES string of the molecule is CN(Cc1csc(Br)c1)C(=O)[C@@H](N)CCc1ccccc1. The molecule has 21 heavy (non-hydrogen) atoms. The topological polar surface area (TPSA) is 46.3 Å². The average molecular weight is 367 g/mol. The molecule has 2 aromatic rings. The van der Waals surface area contributed by atoms with Crippen LogP contribution >= 0.6 is 27.3 Å². The summed E-state index contributed by atoms with van der Waals surface area (Å²) in [5.74, 6) is -0.00625. The van der Waals surface area contributed by atoms with Gasteiger partial charge < -0.3 is 10.6 Å². The quantitative estimate of drug-likeness (QED) is 0.850. The smallest absolute Gasteiger partial charge is 0.239 e. The lowest BCUT2D eigenvalue weighted by molar-refractivity contribution is -0.131. The number of hydrogen-bond donors (Lipinski definition) is 1. The summed E-state index contributed by atoms with van der Waals surface area (Å²) in [6.07, 6.45) is 1.49. The molecule has 0 spiro atoms. The summed E-state index contributed by atoms with van der Waals surface area (Å²) in [5, 5.41) is 2.04. The van der Waals surface area contributed by atoms with Crippen molar-refractivity contribution in [2.24, 2.45) is 5.73 Å². The first-order valence-electron chi connectivity index (χ1n) is 6.83. The summed E-state index contributed by atoms with van der Waals surface area (Å²) in [4.78, 5) is 14.0. The number of amides is 1. The number of nitrogens with two attached hydrogens (primary N) is 1. The summed E-state index contributed by atoms with van der Waals surface area (Å²) in [6.45, 7) is 0.597. The Morgan fingerprint density at radius 3 is 2.67 bits per heavy atom. The van der Waals surface area contributed by atoms with Crippen LogP contribution in [0.15, 0.2) is 45.6 Å². The second kappa shape index (κ2) is 7.73. The first kappa shape index (κ1) is 16.2. The Hall–Kier alpha value is -1.17. The van der Waals surface area contributed by atoms with E-state index >= 15 is 0 Å². The Morgan fingerprint density at radius 1 is 1.33 bits per heavy atom. The van der Waals surface area contributed by atoms with Crippen LogP contribution in [0.3, 0.4) is 0 Å². The Morgan fingerprint density at radius 2 is 2.05 bits per heavy atom. The zero-order valence-electron chi connectivity index (χ0n) is 12.0. The molecular formula is C16H19BrN2OS. The van der Waals surface area contributed by atoms with Crippen molar-refractivity contribution in [2.75, 3.05) is 7.05 Å². The van der Waals surface area contributed by atoms with Crippen molar-refractivity contribution >= 4 is 33.2 Å². The second-order valence-corrected chi connectivity index (χ2v) is 7.37. The minimum absolute atomic E-state index is 0.00625. The fraction of sp³-hybridized carbons (Fsp3) is 0.312. The van der Waals surface area contributed by atoms with E-state index in [9.17, 15) is 4.79 Å². The van der Waals surface area contributed by atoms with E-state index in [1.807, 2.05) is 29.6 Å². The first-order chi connectivity index (χ1) is 10.1. The predicted octanol–water partition coefficient (Wildman–Crippen LogP) is 3.43. The first-order valence-corrected chi connectivity index (χ1v) is 8.51. The molecule has 1 heterocycles. The van der Waals surface area contributed by atoms with Gasteiger partial charge in [-0.05, 0) is 51.3 Å². The fourth-order valence-corrected chi connectivity index (χ4v) is 3.35. The molecule has 0 aliphatic heterocycles. The van der Waals surface area contributed by atoms with Gasteiger partial charge in [0.15, 0.2) is 0 Å². The van der Waals surface area contributed by atoms with Gasteiger partial charge in [0.2, 0.25) is 5.91 Å². The van der Waals surface area contributed by atoms with E-state index in [0.29, 0.717) is 13.0 Å². The van der Waals surface area contributed by atoms with Gasteiger partial charge in [0.25, 0.3) is 0 Å². The molecule has 112 valence electrons. The molecule has 0 fully saturated rings. The molecule has 3 nitrogen and oxygen atoms in total. The molecule has 0 saturated carbocycles. The minimum atomic E-state index is -0.447. The van der Waals surface area contributed by atoms with Crippen LogP contribution in [0.4, 0.5) is 0 Å². The maximum Gasteiger partial charge on any atom is 0.239 e. The lowest BCUT2D eigenvalue weighted by atomic mass is 10.0. The molecule has 1 amide bonds. The lowest BCUT2D eigenvalue weighted by Crippen LogP contribution is -2.41. The lowest BCUT2D eigenvalue weighted by Gasteiger charge is -2.21. The largest absolute Gasteiger partial charge is 0.340 e. The van der Waals surface area contributed by atoms with Crippen molar-refractivity contribution in [3.05, 3.63) is 56.7 Å². The number of benzene rings is 1. The third-order valence-electron chi connectivity index (χ3n) is 3.32. The van der Waals surface area contributed by atoms with Crippen molar-refractivity contribution in [1.29, 1.82) is 0 Å². The molecule has 2 N–H and O–H groups in total. The maximum atomic E-state index is 12.3. The second-order valence-electron chi connectivity index (χ2n) is 5.08. The van der Waals surface area contributed by atoms with Crippen LogP contribution in [0.2, 0.25) is 0 Å². The molecule has 0 unspecified atom stereocenters. The van der Waals surface area contributed by atoms with Gasteiger partial charge in [0.1, 0.15) is 0 Å². The van der Waals surface area contributed by atoms with Crippen LogP contribution in [0, 0.1) is 0 Å². The molecule has 5 heteroatoms. The van der Waals surface area contributed by atoms with E-state index in [2.05, 4.69) is 28.1 Å². The molecule has 0 saturated heterocycles. The van der Waals surface area contributed by atoms with E-state index in [1.54, 1.807) is 23.3 Å². The Kier molecular flexibility index (Phi) is 5.96. The summed E-state index contributed by atoms with van der Waals surface area (Å²) < 4.78 is 1.08. The number of carbonyl (C=O) groups is 1. The molecular weight excluding hydrogens is 348 g/mol. The number of aryl methyl sites for hydroxylation is 1. The highest BCUT2D eigenvalue weighted by Crippen LogP contribution is 2.21. The van der Waals surface area contributed by atoms with Gasteiger partial charge in [-0.15, -0.1) is 11.3 Å². The van der Waals surface area contributed by atoms with Crippen LogP contribution < -0.4 is 5.73 Å². The molecule has 0 bridgehead atoms. The van der Waals surface area contributed by atoms with E-state index in [4.69, 9.17) is 5.73 Å². The minimum Gasteiger partial charge on any atom is -0.340 e. The van der Waals surface area contributed by atoms with Crippen molar-refractivity contribution in [2.45, 2.75) is 25.4 Å². The third-order valence-corrected chi connectivity index (χ3v) is 4.88. The van der Waals surface area contributed by atoms with Crippen LogP contribution in [0.1, 0.15) is 17.5 Å².